The van der Waals surface area contributed by atoms with Gasteiger partial charge >= 0.3 is 23.9 Å². The molecular formula is C14H8F9N. The van der Waals surface area contributed by atoms with E-state index in [0.29, 0.717) is 6.07 Å². The van der Waals surface area contributed by atoms with Gasteiger partial charge in [-0.05, 0) is 24.6 Å². The molecule has 2 aromatic rings. The van der Waals surface area contributed by atoms with Gasteiger partial charge < -0.3 is 0 Å². The fraction of sp³-hybridized carbons (Fsp3) is 0.357. The van der Waals surface area contributed by atoms with Crippen molar-refractivity contribution in [3.8, 4) is 0 Å². The normalized spacial score (nSPS) is 14.2. The zero-order chi connectivity index (χ0) is 18.6. The number of pyridine rings is 1. The Labute approximate surface area is 129 Å². The van der Waals surface area contributed by atoms with Crippen LogP contribution in [0.25, 0.3) is 10.9 Å². The second-order valence-electron chi connectivity index (χ2n) is 5.06. The number of rotatable bonds is 3. The van der Waals surface area contributed by atoms with E-state index in [1.54, 1.807) is 0 Å². The van der Waals surface area contributed by atoms with Gasteiger partial charge in [-0.15, -0.1) is 0 Å². The maximum atomic E-state index is 13.9. The van der Waals surface area contributed by atoms with E-state index in [-0.39, 0.29) is 16.5 Å². The van der Waals surface area contributed by atoms with Gasteiger partial charge in [0, 0.05) is 5.39 Å². The van der Waals surface area contributed by atoms with E-state index in [2.05, 4.69) is 4.98 Å². The molecule has 0 aliphatic rings. The summed E-state index contributed by atoms with van der Waals surface area (Å²) in [5.74, 6) is -19.5. The molecule has 1 heterocycles. The number of aryl methyl sites for hydroxylation is 1. The van der Waals surface area contributed by atoms with Crippen molar-refractivity contribution >= 4 is 10.9 Å². The molecule has 0 aliphatic carbocycles. The third-order valence-electron chi connectivity index (χ3n) is 3.39. The first-order chi connectivity index (χ1) is 10.7. The second-order valence-corrected chi connectivity index (χ2v) is 5.06. The highest BCUT2D eigenvalue weighted by molar-refractivity contribution is 5.82. The topological polar surface area (TPSA) is 12.9 Å². The van der Waals surface area contributed by atoms with Gasteiger partial charge in [-0.3, -0.25) is 0 Å². The van der Waals surface area contributed by atoms with Gasteiger partial charge in [0.1, 0.15) is 5.69 Å². The van der Waals surface area contributed by atoms with E-state index in [0.717, 1.165) is 6.07 Å². The van der Waals surface area contributed by atoms with Crippen LogP contribution in [0.2, 0.25) is 0 Å². The third-order valence-corrected chi connectivity index (χ3v) is 3.39. The lowest BCUT2D eigenvalue weighted by atomic mass is 9.98. The lowest BCUT2D eigenvalue weighted by Crippen LogP contribution is -2.59. The minimum atomic E-state index is -6.94. The molecule has 0 saturated carbocycles. The number of alkyl halides is 9. The van der Waals surface area contributed by atoms with Crippen molar-refractivity contribution in [1.29, 1.82) is 0 Å². The van der Waals surface area contributed by atoms with Crippen LogP contribution >= 0.6 is 0 Å². The lowest BCUT2D eigenvalue weighted by Gasteiger charge is -2.33. The van der Waals surface area contributed by atoms with Crippen molar-refractivity contribution < 1.29 is 39.5 Å². The zero-order valence-electron chi connectivity index (χ0n) is 11.7. The highest BCUT2D eigenvalue weighted by Crippen LogP contribution is 2.56. The van der Waals surface area contributed by atoms with E-state index in [1.165, 1.54) is 25.1 Å². The van der Waals surface area contributed by atoms with Gasteiger partial charge in [0.05, 0.1) is 5.52 Å². The molecule has 1 aromatic heterocycles. The van der Waals surface area contributed by atoms with Crippen molar-refractivity contribution in [3.63, 3.8) is 0 Å². The Morgan fingerprint density at radius 1 is 0.792 bits per heavy atom. The molecule has 132 valence electrons. The monoisotopic (exact) mass is 361 g/mol. The van der Waals surface area contributed by atoms with Crippen molar-refractivity contribution in [2.24, 2.45) is 0 Å². The van der Waals surface area contributed by atoms with Crippen LogP contribution in [0.4, 0.5) is 39.5 Å². The molecule has 1 aromatic carbocycles. The van der Waals surface area contributed by atoms with Crippen LogP contribution < -0.4 is 0 Å². The van der Waals surface area contributed by atoms with Crippen LogP contribution in [0, 0.1) is 6.92 Å². The number of hydrogen-bond donors (Lipinski definition) is 0. The van der Waals surface area contributed by atoms with Gasteiger partial charge in [-0.25, -0.2) is 4.98 Å². The zero-order valence-corrected chi connectivity index (χ0v) is 11.7. The van der Waals surface area contributed by atoms with Crippen molar-refractivity contribution in [2.75, 3.05) is 0 Å². The molecule has 0 bridgehead atoms. The Bertz CT molecular complexity index is 764. The van der Waals surface area contributed by atoms with E-state index in [9.17, 15) is 39.5 Å². The van der Waals surface area contributed by atoms with Crippen molar-refractivity contribution in [3.05, 3.63) is 41.6 Å². The fourth-order valence-corrected chi connectivity index (χ4v) is 2.05. The van der Waals surface area contributed by atoms with Crippen molar-refractivity contribution in [1.82, 2.24) is 4.98 Å². The Kier molecular flexibility index (Phi) is 4.01. The molecule has 0 amide bonds. The summed E-state index contributed by atoms with van der Waals surface area (Å²) < 4.78 is 117. The molecule has 2 rings (SSSR count). The van der Waals surface area contributed by atoms with Crippen LogP contribution in [0.5, 0.6) is 0 Å². The Hall–Kier alpha value is -2.00. The van der Waals surface area contributed by atoms with E-state index >= 15 is 0 Å². The minimum absolute atomic E-state index is 0.0265. The molecule has 1 nitrogen and oxygen atoms in total. The maximum Gasteiger partial charge on any atom is 0.460 e. The van der Waals surface area contributed by atoms with Crippen LogP contribution in [-0.2, 0) is 5.92 Å². The molecular weight excluding hydrogens is 353 g/mol. The first kappa shape index (κ1) is 18.3. The van der Waals surface area contributed by atoms with Gasteiger partial charge in [-0.1, -0.05) is 18.2 Å². The molecule has 0 spiro atoms. The summed E-state index contributed by atoms with van der Waals surface area (Å²) in [6.07, 6.45) is -6.86. The predicted octanol–water partition coefficient (Wildman–Crippen LogP) is 5.47. The number of benzene rings is 1. The number of halogens is 9. The quantitative estimate of drug-likeness (QED) is 0.661. The summed E-state index contributed by atoms with van der Waals surface area (Å²) >= 11 is 0. The molecule has 24 heavy (non-hydrogen) atoms. The maximum absolute atomic E-state index is 13.9. The first-order valence-electron chi connectivity index (χ1n) is 6.30. The molecule has 0 N–H and O–H groups in total. The number of para-hydroxylation sites is 1. The highest BCUT2D eigenvalue weighted by atomic mass is 19.4. The van der Waals surface area contributed by atoms with Crippen molar-refractivity contribution in [2.45, 2.75) is 30.9 Å². The summed E-state index contributed by atoms with van der Waals surface area (Å²) in [5.41, 5.74) is -2.13. The average molecular weight is 361 g/mol. The standard InChI is InChI=1S/C14H8F9N/c1-7-6-10(24-9-5-3-2-4-8(7)9)11(15,16)12(17,18)13(19,20)14(21,22)23/h2-6H,1H3. The van der Waals surface area contributed by atoms with Crippen LogP contribution in [0.1, 0.15) is 11.3 Å². The molecule has 0 unspecified atom stereocenters. The van der Waals surface area contributed by atoms with Gasteiger partial charge in [0.2, 0.25) is 0 Å². The molecule has 0 atom stereocenters. The summed E-state index contributed by atoms with van der Waals surface area (Å²) in [7, 11) is 0. The molecule has 0 fully saturated rings. The fourth-order valence-electron chi connectivity index (χ4n) is 2.05. The van der Waals surface area contributed by atoms with Crippen LogP contribution in [0.15, 0.2) is 30.3 Å². The summed E-state index contributed by atoms with van der Waals surface area (Å²) in [4.78, 5) is 3.14. The summed E-state index contributed by atoms with van der Waals surface area (Å²) in [5, 5.41) is 0.267. The lowest BCUT2D eigenvalue weighted by molar-refractivity contribution is -0.400. The molecule has 0 saturated heterocycles. The van der Waals surface area contributed by atoms with Crippen LogP contribution in [0.3, 0.4) is 0 Å². The Morgan fingerprint density at radius 2 is 1.33 bits per heavy atom. The smallest absolute Gasteiger partial charge is 0.246 e. The van der Waals surface area contributed by atoms with E-state index in [1.807, 2.05) is 0 Å². The predicted molar refractivity (Wildman–Crippen MR) is 66.3 cm³/mol. The minimum Gasteiger partial charge on any atom is -0.246 e. The van der Waals surface area contributed by atoms with E-state index in [4.69, 9.17) is 0 Å². The SMILES string of the molecule is Cc1cc(C(F)(F)C(F)(F)C(F)(F)C(F)(F)F)nc2ccccc12. The van der Waals surface area contributed by atoms with Gasteiger partial charge in [0.25, 0.3) is 0 Å². The van der Waals surface area contributed by atoms with Crippen LogP contribution in [-0.4, -0.2) is 23.0 Å². The summed E-state index contributed by atoms with van der Waals surface area (Å²) in [6, 6.07) is 5.72. The number of fused-ring (bicyclic) bond motifs is 1. The largest absolute Gasteiger partial charge is 0.460 e. The number of nitrogens with zero attached hydrogens (tertiary/aromatic N) is 1. The third kappa shape index (κ3) is 2.48. The van der Waals surface area contributed by atoms with E-state index < -0.39 is 29.6 Å². The average Bonchev–Trinajstić information content (AvgIpc) is 2.45. The molecule has 0 radical (unpaired) electrons. The Balaban J connectivity index is 2.65. The highest BCUT2D eigenvalue weighted by Gasteiger charge is 2.82. The second kappa shape index (κ2) is 5.25. The molecule has 10 heteroatoms. The molecule has 0 aliphatic heterocycles. The number of hydrogen-bond acceptors (Lipinski definition) is 1. The first-order valence-corrected chi connectivity index (χ1v) is 6.30. The van der Waals surface area contributed by atoms with Gasteiger partial charge in [-0.2, -0.15) is 39.5 Å². The number of aromatic nitrogens is 1. The Morgan fingerprint density at radius 3 is 1.88 bits per heavy atom. The summed E-state index contributed by atoms with van der Waals surface area (Å²) in [6.45, 7) is 1.21. The van der Waals surface area contributed by atoms with Gasteiger partial charge in [0.15, 0.2) is 0 Å².